The molecule has 6 nitrogen and oxygen atoms in total. The lowest BCUT2D eigenvalue weighted by molar-refractivity contribution is -0.145. The summed E-state index contributed by atoms with van der Waals surface area (Å²) in [6.07, 6.45) is -0.524. The summed E-state index contributed by atoms with van der Waals surface area (Å²) in [5.41, 5.74) is 5.18. The van der Waals surface area contributed by atoms with Crippen LogP contribution in [0, 0.1) is 0 Å². The molecular formula is C14H17ClN2O4. The predicted octanol–water partition coefficient (Wildman–Crippen LogP) is 0.822. The van der Waals surface area contributed by atoms with Crippen LogP contribution >= 0.6 is 11.6 Å². The molecule has 114 valence electrons. The first-order valence-electron chi connectivity index (χ1n) is 6.64. The molecule has 1 aliphatic rings. The van der Waals surface area contributed by atoms with E-state index in [1.54, 1.807) is 23.1 Å². The summed E-state index contributed by atoms with van der Waals surface area (Å²) in [6.45, 7) is 1.18. The number of hydrogen-bond acceptors (Lipinski definition) is 4. The summed E-state index contributed by atoms with van der Waals surface area (Å²) in [4.78, 5) is 24.7. The summed E-state index contributed by atoms with van der Waals surface area (Å²) in [6, 6.07) is 7.07. The number of benzene rings is 1. The van der Waals surface area contributed by atoms with Crippen molar-refractivity contribution < 1.29 is 19.1 Å². The minimum absolute atomic E-state index is 0.100. The normalized spacial score (nSPS) is 18.3. The molecule has 0 aromatic heterocycles. The zero-order chi connectivity index (χ0) is 15.2. The minimum Gasteiger partial charge on any atom is -0.491 e. The number of rotatable bonds is 5. The summed E-state index contributed by atoms with van der Waals surface area (Å²) in [7, 11) is 0. The molecular weight excluding hydrogens is 296 g/mol. The fourth-order valence-corrected chi connectivity index (χ4v) is 2.21. The Bertz CT molecular complexity index is 523. The number of nitrogens with two attached hydrogens (primary N) is 1. The van der Waals surface area contributed by atoms with Gasteiger partial charge in [-0.05, 0) is 12.1 Å². The van der Waals surface area contributed by atoms with Gasteiger partial charge in [0.1, 0.15) is 5.75 Å². The van der Waals surface area contributed by atoms with Crippen molar-refractivity contribution in [2.24, 2.45) is 5.73 Å². The van der Waals surface area contributed by atoms with Gasteiger partial charge in [-0.1, -0.05) is 23.7 Å². The van der Waals surface area contributed by atoms with Crippen molar-refractivity contribution in [3.05, 3.63) is 29.3 Å². The van der Waals surface area contributed by atoms with Crippen LogP contribution in [0.4, 0.5) is 0 Å². The van der Waals surface area contributed by atoms with E-state index >= 15 is 0 Å². The Balaban J connectivity index is 1.79. The smallest absolute Gasteiger partial charge is 0.248 e. The molecule has 0 saturated carbocycles. The Morgan fingerprint density at radius 1 is 1.43 bits per heavy atom. The Morgan fingerprint density at radius 3 is 2.90 bits per heavy atom. The van der Waals surface area contributed by atoms with Gasteiger partial charge < -0.3 is 20.1 Å². The van der Waals surface area contributed by atoms with E-state index in [9.17, 15) is 9.59 Å². The number of nitrogens with zero attached hydrogens (tertiary/aromatic N) is 1. The number of primary amides is 1. The van der Waals surface area contributed by atoms with E-state index in [0.29, 0.717) is 23.9 Å². The molecule has 7 heteroatoms. The van der Waals surface area contributed by atoms with Crippen molar-refractivity contribution in [3.63, 3.8) is 0 Å². The van der Waals surface area contributed by atoms with Gasteiger partial charge in [0.25, 0.3) is 0 Å². The monoisotopic (exact) mass is 312 g/mol. The topological polar surface area (TPSA) is 81.9 Å². The zero-order valence-electron chi connectivity index (χ0n) is 11.5. The number of carbonyl (C=O) groups excluding carboxylic acids is 2. The van der Waals surface area contributed by atoms with Crippen molar-refractivity contribution in [2.45, 2.75) is 12.5 Å². The molecule has 2 N–H and O–H groups in total. The number of hydrogen-bond donors (Lipinski definition) is 1. The first-order valence-corrected chi connectivity index (χ1v) is 7.01. The average Bonchev–Trinajstić information content (AvgIpc) is 2.49. The lowest BCUT2D eigenvalue weighted by Crippen LogP contribution is -2.50. The Kier molecular flexibility index (Phi) is 5.41. The molecule has 0 spiro atoms. The standard InChI is InChI=1S/C14H17ClN2O4/c15-10-3-1-2-4-11(10)20-7-5-13(18)17-6-8-21-12(9-17)14(16)19/h1-4,12H,5-9H2,(H2,16,19). The van der Waals surface area contributed by atoms with E-state index in [4.69, 9.17) is 26.8 Å². The average molecular weight is 313 g/mol. The van der Waals surface area contributed by atoms with E-state index in [2.05, 4.69) is 0 Å². The predicted molar refractivity (Wildman–Crippen MR) is 77.1 cm³/mol. The fraction of sp³-hybridized carbons (Fsp3) is 0.429. The zero-order valence-corrected chi connectivity index (χ0v) is 12.2. The third kappa shape index (κ3) is 4.34. The molecule has 1 aliphatic heterocycles. The van der Waals surface area contributed by atoms with Gasteiger partial charge in [0, 0.05) is 6.54 Å². The number of ether oxygens (including phenoxy) is 2. The van der Waals surface area contributed by atoms with Gasteiger partial charge in [0.05, 0.1) is 31.2 Å². The quantitative estimate of drug-likeness (QED) is 0.872. The molecule has 0 radical (unpaired) electrons. The van der Waals surface area contributed by atoms with Gasteiger partial charge in [-0.2, -0.15) is 0 Å². The second-order valence-corrected chi connectivity index (χ2v) is 5.04. The van der Waals surface area contributed by atoms with Crippen LogP contribution in [-0.4, -0.2) is 49.1 Å². The molecule has 2 amide bonds. The van der Waals surface area contributed by atoms with E-state index in [-0.39, 0.29) is 25.5 Å². The van der Waals surface area contributed by atoms with E-state index < -0.39 is 12.0 Å². The number of carbonyl (C=O) groups is 2. The summed E-state index contributed by atoms with van der Waals surface area (Å²) >= 11 is 5.95. The van der Waals surface area contributed by atoms with Crippen molar-refractivity contribution in [1.29, 1.82) is 0 Å². The van der Waals surface area contributed by atoms with Crippen LogP contribution in [0.25, 0.3) is 0 Å². The van der Waals surface area contributed by atoms with Crippen molar-refractivity contribution >= 4 is 23.4 Å². The molecule has 1 atom stereocenters. The van der Waals surface area contributed by atoms with Gasteiger partial charge in [-0.15, -0.1) is 0 Å². The second-order valence-electron chi connectivity index (χ2n) is 4.63. The summed E-state index contributed by atoms with van der Waals surface area (Å²) in [5.74, 6) is -0.111. The molecule has 1 saturated heterocycles. The summed E-state index contributed by atoms with van der Waals surface area (Å²) < 4.78 is 10.7. The number of halogens is 1. The maximum atomic E-state index is 12.0. The van der Waals surface area contributed by atoms with Gasteiger partial charge >= 0.3 is 0 Å². The third-order valence-electron chi connectivity index (χ3n) is 3.15. The number of amides is 2. The molecule has 1 aromatic carbocycles. The minimum atomic E-state index is -0.729. The van der Waals surface area contributed by atoms with Gasteiger partial charge in [-0.3, -0.25) is 9.59 Å². The highest BCUT2D eigenvalue weighted by atomic mass is 35.5. The fourth-order valence-electron chi connectivity index (χ4n) is 2.02. The highest BCUT2D eigenvalue weighted by Crippen LogP contribution is 2.23. The molecule has 1 fully saturated rings. The maximum absolute atomic E-state index is 12.0. The van der Waals surface area contributed by atoms with Crippen LogP contribution < -0.4 is 10.5 Å². The molecule has 1 heterocycles. The Hall–Kier alpha value is -1.79. The Labute approximate surface area is 127 Å². The van der Waals surface area contributed by atoms with Crippen LogP contribution in [0.15, 0.2) is 24.3 Å². The van der Waals surface area contributed by atoms with Crippen molar-refractivity contribution in [2.75, 3.05) is 26.3 Å². The van der Waals surface area contributed by atoms with Gasteiger partial charge in [0.15, 0.2) is 6.10 Å². The van der Waals surface area contributed by atoms with E-state index in [1.807, 2.05) is 6.07 Å². The third-order valence-corrected chi connectivity index (χ3v) is 3.46. The van der Waals surface area contributed by atoms with E-state index in [1.165, 1.54) is 0 Å². The Morgan fingerprint density at radius 2 is 2.19 bits per heavy atom. The molecule has 21 heavy (non-hydrogen) atoms. The first-order chi connectivity index (χ1) is 10.1. The lowest BCUT2D eigenvalue weighted by Gasteiger charge is -2.31. The highest BCUT2D eigenvalue weighted by Gasteiger charge is 2.27. The van der Waals surface area contributed by atoms with Crippen molar-refractivity contribution in [3.8, 4) is 5.75 Å². The second kappa shape index (κ2) is 7.28. The van der Waals surface area contributed by atoms with Crippen LogP contribution in [0.5, 0.6) is 5.75 Å². The lowest BCUT2D eigenvalue weighted by atomic mass is 10.2. The highest BCUT2D eigenvalue weighted by molar-refractivity contribution is 6.32. The molecule has 0 aliphatic carbocycles. The van der Waals surface area contributed by atoms with Crippen LogP contribution in [-0.2, 0) is 14.3 Å². The van der Waals surface area contributed by atoms with Crippen molar-refractivity contribution in [1.82, 2.24) is 4.90 Å². The largest absolute Gasteiger partial charge is 0.491 e. The molecule has 1 unspecified atom stereocenters. The molecule has 1 aromatic rings. The molecule has 0 bridgehead atoms. The first kappa shape index (κ1) is 15.6. The SMILES string of the molecule is NC(=O)C1CN(C(=O)CCOc2ccccc2Cl)CCO1. The number of para-hydroxylation sites is 1. The number of morpholine rings is 1. The van der Waals surface area contributed by atoms with Gasteiger partial charge in [-0.25, -0.2) is 0 Å². The van der Waals surface area contributed by atoms with E-state index in [0.717, 1.165) is 0 Å². The van der Waals surface area contributed by atoms with Crippen LogP contribution in [0.1, 0.15) is 6.42 Å². The van der Waals surface area contributed by atoms with Crippen LogP contribution in [0.2, 0.25) is 5.02 Å². The maximum Gasteiger partial charge on any atom is 0.248 e. The van der Waals surface area contributed by atoms with Gasteiger partial charge in [0.2, 0.25) is 11.8 Å². The van der Waals surface area contributed by atoms with Crippen LogP contribution in [0.3, 0.4) is 0 Å². The summed E-state index contributed by atoms with van der Waals surface area (Å²) in [5, 5.41) is 0.505. The molecule has 2 rings (SSSR count).